The van der Waals surface area contributed by atoms with Gasteiger partial charge in [-0.1, -0.05) is 0 Å². The molecule has 0 fully saturated rings. The highest BCUT2D eigenvalue weighted by Gasteiger charge is 2.13. The molecular formula is C5H8NO5S-. The van der Waals surface area contributed by atoms with Crippen molar-refractivity contribution in [2.75, 3.05) is 6.54 Å². The Balaban J connectivity index is 3.88. The summed E-state index contributed by atoms with van der Waals surface area (Å²) >= 11 is -2.51. The Hall–Kier alpha value is -0.950. The quantitative estimate of drug-likeness (QED) is 0.527. The molecule has 2 unspecified atom stereocenters. The predicted octanol–water partition coefficient (Wildman–Crippen LogP) is -1.55. The van der Waals surface area contributed by atoms with E-state index in [1.807, 2.05) is 5.32 Å². The summed E-state index contributed by atoms with van der Waals surface area (Å²) in [6, 6.07) is 0. The normalized spacial score (nSPS) is 14.8. The van der Waals surface area contributed by atoms with Gasteiger partial charge in [-0.05, 0) is 18.0 Å². The Kier molecular flexibility index (Phi) is 4.45. The Morgan fingerprint density at radius 1 is 1.67 bits per heavy atom. The van der Waals surface area contributed by atoms with Gasteiger partial charge in [0.25, 0.3) is 0 Å². The van der Waals surface area contributed by atoms with E-state index in [1.165, 1.54) is 6.92 Å². The van der Waals surface area contributed by atoms with Crippen LogP contribution in [0, 0.1) is 0 Å². The second-order valence-electron chi connectivity index (χ2n) is 2.01. The van der Waals surface area contributed by atoms with Crippen LogP contribution in [0.15, 0.2) is 0 Å². The Labute approximate surface area is 71.2 Å². The number of nitrogens with one attached hydrogen (secondary N) is 1. The van der Waals surface area contributed by atoms with Gasteiger partial charge in [0.05, 0.1) is 5.25 Å². The van der Waals surface area contributed by atoms with Gasteiger partial charge in [0.15, 0.2) is 0 Å². The summed E-state index contributed by atoms with van der Waals surface area (Å²) in [6.07, 6.45) is 0. The zero-order chi connectivity index (χ0) is 9.72. The van der Waals surface area contributed by atoms with Crippen molar-refractivity contribution in [1.29, 1.82) is 0 Å². The molecule has 7 heteroatoms. The minimum absolute atomic E-state index is 0.569. The number of hydrogen-bond donors (Lipinski definition) is 2. The molecule has 0 aliphatic carbocycles. The Morgan fingerprint density at radius 3 is 2.50 bits per heavy atom. The molecule has 0 heterocycles. The first-order valence-corrected chi connectivity index (χ1v) is 4.16. The minimum Gasteiger partial charge on any atom is -0.772 e. The van der Waals surface area contributed by atoms with Gasteiger partial charge in [-0.2, -0.15) is 0 Å². The molecule has 0 saturated carbocycles. The monoisotopic (exact) mass is 194 g/mol. The van der Waals surface area contributed by atoms with Gasteiger partial charge in [-0.15, -0.1) is 0 Å². The Bertz CT molecular complexity index is 216. The summed E-state index contributed by atoms with van der Waals surface area (Å²) in [7, 11) is 0. The van der Waals surface area contributed by atoms with E-state index in [1.54, 1.807) is 0 Å². The smallest absolute Gasteiger partial charge is 0.322 e. The first-order valence-electron chi connectivity index (χ1n) is 3.02. The maximum atomic E-state index is 10.7. The SMILES string of the molecule is CC(C(=O)NCC(=O)O)S(=O)[O-]. The number of hydrogen-bond acceptors (Lipinski definition) is 4. The molecule has 2 atom stereocenters. The topological polar surface area (TPSA) is 107 Å². The van der Waals surface area contributed by atoms with Crippen molar-refractivity contribution in [3.63, 3.8) is 0 Å². The van der Waals surface area contributed by atoms with Crippen molar-refractivity contribution in [2.45, 2.75) is 12.2 Å². The largest absolute Gasteiger partial charge is 0.772 e. The number of carbonyl (C=O) groups is 2. The van der Waals surface area contributed by atoms with E-state index < -0.39 is 34.8 Å². The molecule has 0 aromatic carbocycles. The molecule has 0 aliphatic heterocycles. The average Bonchev–Trinajstić information content (AvgIpc) is 1.98. The molecule has 70 valence electrons. The molecule has 0 saturated heterocycles. The third kappa shape index (κ3) is 4.04. The lowest BCUT2D eigenvalue weighted by molar-refractivity contribution is -0.137. The number of rotatable bonds is 4. The molecule has 0 spiro atoms. The predicted molar refractivity (Wildman–Crippen MR) is 39.0 cm³/mol. The first kappa shape index (κ1) is 11.1. The molecule has 6 nitrogen and oxygen atoms in total. The second-order valence-corrected chi connectivity index (χ2v) is 3.24. The van der Waals surface area contributed by atoms with Crippen molar-refractivity contribution in [2.24, 2.45) is 0 Å². The lowest BCUT2D eigenvalue weighted by Gasteiger charge is -2.13. The maximum Gasteiger partial charge on any atom is 0.322 e. The number of amides is 1. The van der Waals surface area contributed by atoms with Crippen molar-refractivity contribution >= 4 is 23.0 Å². The molecule has 12 heavy (non-hydrogen) atoms. The number of aliphatic carboxylic acids is 1. The van der Waals surface area contributed by atoms with Gasteiger partial charge in [0.2, 0.25) is 5.91 Å². The molecule has 0 bridgehead atoms. The van der Waals surface area contributed by atoms with Gasteiger partial charge < -0.3 is 15.0 Å². The summed E-state index contributed by atoms with van der Waals surface area (Å²) in [5.74, 6) is -2.03. The van der Waals surface area contributed by atoms with E-state index in [0.717, 1.165) is 0 Å². The average molecular weight is 194 g/mol. The fraction of sp³-hybridized carbons (Fsp3) is 0.600. The number of carboxylic acids is 1. The third-order valence-electron chi connectivity index (χ3n) is 1.07. The maximum absolute atomic E-state index is 10.7. The van der Waals surface area contributed by atoms with Crippen LogP contribution in [0.25, 0.3) is 0 Å². The minimum atomic E-state index is -2.51. The van der Waals surface area contributed by atoms with Crippen LogP contribution in [0.3, 0.4) is 0 Å². The molecular weight excluding hydrogens is 186 g/mol. The molecule has 0 aromatic heterocycles. The van der Waals surface area contributed by atoms with E-state index in [4.69, 9.17) is 5.11 Å². The van der Waals surface area contributed by atoms with Crippen LogP contribution in [0.2, 0.25) is 0 Å². The summed E-state index contributed by atoms with van der Waals surface area (Å²) in [4.78, 5) is 20.6. The van der Waals surface area contributed by atoms with E-state index in [0.29, 0.717) is 0 Å². The van der Waals surface area contributed by atoms with Crippen molar-refractivity contribution in [3.05, 3.63) is 0 Å². The molecule has 1 amide bonds. The van der Waals surface area contributed by atoms with Crippen molar-refractivity contribution < 1.29 is 23.5 Å². The van der Waals surface area contributed by atoms with E-state index in [9.17, 15) is 18.4 Å². The summed E-state index contributed by atoms with van der Waals surface area (Å²) in [5.41, 5.74) is 0. The number of carbonyl (C=O) groups excluding carboxylic acids is 1. The summed E-state index contributed by atoms with van der Waals surface area (Å²) in [6.45, 7) is 0.598. The van der Waals surface area contributed by atoms with Gasteiger partial charge in [0.1, 0.15) is 6.54 Å². The van der Waals surface area contributed by atoms with Gasteiger partial charge >= 0.3 is 5.97 Å². The molecule has 0 radical (unpaired) electrons. The fourth-order valence-electron chi connectivity index (χ4n) is 0.394. The zero-order valence-electron chi connectivity index (χ0n) is 6.27. The van der Waals surface area contributed by atoms with Crippen molar-refractivity contribution in [1.82, 2.24) is 5.32 Å². The van der Waals surface area contributed by atoms with Crippen LogP contribution in [-0.4, -0.2) is 37.5 Å². The van der Waals surface area contributed by atoms with E-state index >= 15 is 0 Å². The highest BCUT2D eigenvalue weighted by atomic mass is 32.2. The van der Waals surface area contributed by atoms with Crippen LogP contribution in [0.5, 0.6) is 0 Å². The van der Waals surface area contributed by atoms with E-state index in [-0.39, 0.29) is 0 Å². The standard InChI is InChI=1S/C5H9NO5S/c1-3(12(10)11)5(9)6-2-4(7)8/h3H,2H2,1H3,(H,6,9)(H,7,8)(H,10,11)/p-1. The van der Waals surface area contributed by atoms with Crippen molar-refractivity contribution in [3.8, 4) is 0 Å². The van der Waals surface area contributed by atoms with Crippen LogP contribution < -0.4 is 5.32 Å². The Morgan fingerprint density at radius 2 is 2.17 bits per heavy atom. The first-order chi connectivity index (χ1) is 5.45. The van der Waals surface area contributed by atoms with Crippen LogP contribution in [0.4, 0.5) is 0 Å². The second kappa shape index (κ2) is 4.83. The number of carboxylic acid groups (broad SMARTS) is 1. The zero-order valence-corrected chi connectivity index (χ0v) is 7.09. The van der Waals surface area contributed by atoms with Gasteiger partial charge in [-0.3, -0.25) is 13.8 Å². The van der Waals surface area contributed by atoms with Crippen LogP contribution in [0.1, 0.15) is 6.92 Å². The van der Waals surface area contributed by atoms with Crippen LogP contribution in [-0.2, 0) is 20.7 Å². The lowest BCUT2D eigenvalue weighted by Crippen LogP contribution is -2.38. The molecule has 0 rings (SSSR count). The summed E-state index contributed by atoms with van der Waals surface area (Å²) < 4.78 is 20.4. The van der Waals surface area contributed by atoms with Gasteiger partial charge in [-0.25, -0.2) is 0 Å². The van der Waals surface area contributed by atoms with E-state index in [2.05, 4.69) is 0 Å². The lowest BCUT2D eigenvalue weighted by atomic mass is 10.4. The summed E-state index contributed by atoms with van der Waals surface area (Å²) in [5, 5.41) is 8.83. The highest BCUT2D eigenvalue weighted by molar-refractivity contribution is 7.80. The highest BCUT2D eigenvalue weighted by Crippen LogP contribution is 1.90. The molecule has 0 aliphatic rings. The fourth-order valence-corrected chi connectivity index (χ4v) is 0.652. The van der Waals surface area contributed by atoms with Crippen LogP contribution >= 0.6 is 0 Å². The van der Waals surface area contributed by atoms with Gasteiger partial charge in [0, 0.05) is 0 Å². The molecule has 2 N–H and O–H groups in total. The molecule has 0 aromatic rings. The third-order valence-corrected chi connectivity index (χ3v) is 1.86.